The largest absolute Gasteiger partial charge is 0.493 e. The Balaban J connectivity index is 2.48. The molecule has 0 spiro atoms. The Bertz CT molecular complexity index is 805. The third kappa shape index (κ3) is 3.74. The Kier molecular flexibility index (Phi) is 5.97. The van der Waals surface area contributed by atoms with Crippen molar-refractivity contribution in [3.63, 3.8) is 0 Å². The fraction of sp³-hybridized carbons (Fsp3) is 0.250. The lowest BCUT2D eigenvalue weighted by Crippen LogP contribution is -2.52. The molecule has 1 aliphatic rings. The predicted octanol–water partition coefficient (Wildman–Crippen LogP) is 1.80. The summed E-state index contributed by atoms with van der Waals surface area (Å²) in [6.07, 6.45) is 1.48. The van der Waals surface area contributed by atoms with Crippen LogP contribution < -0.4 is 9.47 Å². The van der Waals surface area contributed by atoms with E-state index in [2.05, 4.69) is 0 Å². The molecule has 1 saturated heterocycles. The van der Waals surface area contributed by atoms with Gasteiger partial charge in [-0.25, -0.2) is 0 Å². The van der Waals surface area contributed by atoms with Gasteiger partial charge in [0.2, 0.25) is 0 Å². The maximum Gasteiger partial charge on any atom is 0.265 e. The van der Waals surface area contributed by atoms with Gasteiger partial charge < -0.3 is 9.47 Å². The summed E-state index contributed by atoms with van der Waals surface area (Å²) in [7, 11) is 4.51. The molecule has 9 heteroatoms. The summed E-state index contributed by atoms with van der Waals surface area (Å²) in [5.41, 5.74) is 0.596. The highest BCUT2D eigenvalue weighted by Crippen LogP contribution is 2.35. The lowest BCUT2D eigenvalue weighted by Gasteiger charge is -2.31. The highest BCUT2D eigenvalue weighted by Gasteiger charge is 2.35. The maximum absolute atomic E-state index is 12.4. The number of halogens is 1. The second-order valence-electron chi connectivity index (χ2n) is 5.05. The van der Waals surface area contributed by atoms with Crippen molar-refractivity contribution in [3.05, 3.63) is 26.8 Å². The van der Waals surface area contributed by atoms with E-state index in [1.165, 1.54) is 37.1 Å². The van der Waals surface area contributed by atoms with Crippen LogP contribution in [0.2, 0.25) is 0 Å². The van der Waals surface area contributed by atoms with Crippen LogP contribution in [0.3, 0.4) is 0 Å². The van der Waals surface area contributed by atoms with E-state index in [0.29, 0.717) is 20.6 Å². The lowest BCUT2D eigenvalue weighted by atomic mass is 10.1. The SMILES string of the molecule is COc1cc(C=C2C(=O)N(C)C(=S)N(C)C2=O)cc(I)c1OCC#N. The number of carbonyl (C=O) groups is 2. The van der Waals surface area contributed by atoms with Crippen LogP contribution in [-0.4, -0.2) is 54.5 Å². The van der Waals surface area contributed by atoms with Crippen LogP contribution in [0.5, 0.6) is 11.5 Å². The minimum absolute atomic E-state index is 0.00199. The normalized spacial score (nSPS) is 14.5. The minimum atomic E-state index is -0.466. The molecule has 1 aromatic carbocycles. The van der Waals surface area contributed by atoms with Crippen LogP contribution in [0.25, 0.3) is 6.08 Å². The highest BCUT2D eigenvalue weighted by molar-refractivity contribution is 14.1. The molecule has 0 saturated carbocycles. The lowest BCUT2D eigenvalue weighted by molar-refractivity contribution is -0.132. The Morgan fingerprint density at radius 3 is 2.40 bits per heavy atom. The molecule has 1 heterocycles. The fourth-order valence-electron chi connectivity index (χ4n) is 2.21. The number of ether oxygens (including phenoxy) is 2. The first kappa shape index (κ1) is 19.1. The second kappa shape index (κ2) is 7.79. The molecule has 0 atom stereocenters. The molecule has 0 N–H and O–H groups in total. The number of hydrogen-bond donors (Lipinski definition) is 0. The van der Waals surface area contributed by atoms with E-state index < -0.39 is 11.8 Å². The summed E-state index contributed by atoms with van der Waals surface area (Å²) in [4.78, 5) is 27.2. The van der Waals surface area contributed by atoms with Crippen LogP contribution in [-0.2, 0) is 9.59 Å². The van der Waals surface area contributed by atoms with E-state index in [1.54, 1.807) is 12.1 Å². The zero-order chi connectivity index (χ0) is 18.7. The highest BCUT2D eigenvalue weighted by atomic mass is 127. The quantitative estimate of drug-likeness (QED) is 0.288. The van der Waals surface area contributed by atoms with Crippen molar-refractivity contribution in [3.8, 4) is 17.6 Å². The Labute approximate surface area is 163 Å². The number of rotatable bonds is 4. The van der Waals surface area contributed by atoms with Gasteiger partial charge in [0.1, 0.15) is 11.6 Å². The topological polar surface area (TPSA) is 82.9 Å². The van der Waals surface area contributed by atoms with Crippen LogP contribution in [0.4, 0.5) is 0 Å². The zero-order valence-corrected chi connectivity index (χ0v) is 16.7. The molecule has 1 aromatic rings. The standard InChI is InChI=1S/C16H14IN3O4S/c1-19-14(21)10(15(22)20(2)16(19)25)6-9-7-11(17)13(24-5-4-18)12(8-9)23-3/h6-8H,5H2,1-3H3. The van der Waals surface area contributed by atoms with E-state index in [0.717, 1.165) is 0 Å². The van der Waals surface area contributed by atoms with Gasteiger partial charge in [0, 0.05) is 14.1 Å². The summed E-state index contributed by atoms with van der Waals surface area (Å²) in [5, 5.41) is 8.81. The van der Waals surface area contributed by atoms with Gasteiger partial charge in [0.25, 0.3) is 11.8 Å². The van der Waals surface area contributed by atoms with Crippen molar-refractivity contribution in [2.24, 2.45) is 0 Å². The molecule has 0 bridgehead atoms. The number of nitriles is 1. The predicted molar refractivity (Wildman–Crippen MR) is 103 cm³/mol. The third-order valence-corrected chi connectivity index (χ3v) is 4.84. The summed E-state index contributed by atoms with van der Waals surface area (Å²) < 4.78 is 11.3. The first-order valence-corrected chi connectivity index (χ1v) is 8.49. The van der Waals surface area contributed by atoms with Crippen LogP contribution in [0.15, 0.2) is 17.7 Å². The van der Waals surface area contributed by atoms with E-state index >= 15 is 0 Å². The number of nitrogens with zero attached hydrogens (tertiary/aromatic N) is 3. The van der Waals surface area contributed by atoms with E-state index in [-0.39, 0.29) is 17.3 Å². The fourth-order valence-corrected chi connectivity index (χ4v) is 3.16. The van der Waals surface area contributed by atoms with Crippen molar-refractivity contribution < 1.29 is 19.1 Å². The summed E-state index contributed by atoms with van der Waals surface area (Å²) in [6, 6.07) is 5.26. The number of amides is 2. The molecular formula is C16H14IN3O4S. The van der Waals surface area contributed by atoms with Crippen molar-refractivity contribution in [1.82, 2.24) is 9.80 Å². The van der Waals surface area contributed by atoms with Gasteiger partial charge >= 0.3 is 0 Å². The van der Waals surface area contributed by atoms with Crippen molar-refractivity contribution >= 4 is 57.8 Å². The summed E-state index contributed by atoms with van der Waals surface area (Å²) in [6.45, 7) is -0.114. The molecule has 1 aliphatic heterocycles. The molecule has 0 radical (unpaired) electrons. The maximum atomic E-state index is 12.4. The Morgan fingerprint density at radius 1 is 1.28 bits per heavy atom. The summed E-state index contributed by atoms with van der Waals surface area (Å²) in [5.74, 6) is -0.0933. The molecule has 0 aromatic heterocycles. The number of benzene rings is 1. The number of hydrogen-bond acceptors (Lipinski definition) is 6. The minimum Gasteiger partial charge on any atom is -0.493 e. The molecule has 2 amide bonds. The number of methoxy groups -OCH3 is 1. The molecule has 7 nitrogen and oxygen atoms in total. The Morgan fingerprint density at radius 2 is 1.88 bits per heavy atom. The average molecular weight is 471 g/mol. The van der Waals surface area contributed by atoms with Crippen LogP contribution in [0, 0.1) is 14.9 Å². The van der Waals surface area contributed by atoms with Crippen molar-refractivity contribution in [2.75, 3.05) is 27.8 Å². The molecule has 0 aliphatic carbocycles. The van der Waals surface area contributed by atoms with Crippen molar-refractivity contribution in [2.45, 2.75) is 0 Å². The van der Waals surface area contributed by atoms with Gasteiger partial charge in [0.15, 0.2) is 23.2 Å². The number of thiocarbonyl (C=S) groups is 1. The van der Waals surface area contributed by atoms with Gasteiger partial charge in [-0.05, 0) is 58.6 Å². The number of likely N-dealkylation sites (N-methyl/N-ethyl adjacent to an activating group) is 2. The van der Waals surface area contributed by atoms with E-state index in [9.17, 15) is 9.59 Å². The molecule has 0 unspecified atom stereocenters. The van der Waals surface area contributed by atoms with Gasteiger partial charge in [-0.1, -0.05) is 0 Å². The first-order valence-electron chi connectivity index (χ1n) is 7.00. The van der Waals surface area contributed by atoms with Gasteiger partial charge in [-0.2, -0.15) is 5.26 Å². The Hall–Kier alpha value is -2.19. The summed E-state index contributed by atoms with van der Waals surface area (Å²) >= 11 is 7.10. The monoisotopic (exact) mass is 471 g/mol. The van der Waals surface area contributed by atoms with Gasteiger partial charge in [-0.15, -0.1) is 0 Å². The second-order valence-corrected chi connectivity index (χ2v) is 6.58. The molecule has 2 rings (SSSR count). The molecule has 25 heavy (non-hydrogen) atoms. The molecule has 130 valence electrons. The van der Waals surface area contributed by atoms with Crippen molar-refractivity contribution in [1.29, 1.82) is 5.26 Å². The molecule has 1 fully saturated rings. The third-order valence-electron chi connectivity index (χ3n) is 3.49. The van der Waals surface area contributed by atoms with Gasteiger partial charge in [-0.3, -0.25) is 19.4 Å². The van der Waals surface area contributed by atoms with E-state index in [4.69, 9.17) is 27.0 Å². The van der Waals surface area contributed by atoms with Crippen LogP contribution >= 0.6 is 34.8 Å². The average Bonchev–Trinajstić information content (AvgIpc) is 2.60. The molecular weight excluding hydrogens is 457 g/mol. The van der Waals surface area contributed by atoms with E-state index in [1.807, 2.05) is 28.7 Å². The number of carbonyl (C=O) groups excluding carboxylic acids is 2. The van der Waals surface area contributed by atoms with Gasteiger partial charge in [0.05, 0.1) is 10.7 Å². The first-order chi connectivity index (χ1) is 11.8. The van der Waals surface area contributed by atoms with Crippen LogP contribution in [0.1, 0.15) is 5.56 Å². The zero-order valence-electron chi connectivity index (χ0n) is 13.7. The smallest absolute Gasteiger partial charge is 0.265 e.